The number of hydrogen-bond acceptors (Lipinski definition) is 2. The molecule has 17 heavy (non-hydrogen) atoms. The van der Waals surface area contributed by atoms with Crippen LogP contribution in [0, 0.1) is 23.0 Å². The molecule has 0 spiro atoms. The van der Waals surface area contributed by atoms with E-state index in [9.17, 15) is 8.78 Å². The van der Waals surface area contributed by atoms with Crippen molar-refractivity contribution in [2.75, 3.05) is 18.0 Å². The van der Waals surface area contributed by atoms with Crippen molar-refractivity contribution >= 4 is 5.69 Å². The monoisotopic (exact) mass is 236 g/mol. The second-order valence-corrected chi connectivity index (χ2v) is 3.84. The van der Waals surface area contributed by atoms with E-state index in [1.54, 1.807) is 11.0 Å². The largest absolute Gasteiger partial charge is 0.365 e. The summed E-state index contributed by atoms with van der Waals surface area (Å²) in [6.07, 6.45) is 0. The van der Waals surface area contributed by atoms with E-state index in [1.165, 1.54) is 12.1 Å². The van der Waals surface area contributed by atoms with Crippen LogP contribution in [0.2, 0.25) is 0 Å². The number of likely N-dealkylation sites (N-methyl/N-ethyl adjacent to an activating group) is 1. The number of hydrogen-bond donors (Lipinski definition) is 0. The highest BCUT2D eigenvalue weighted by Gasteiger charge is 2.17. The van der Waals surface area contributed by atoms with Crippen LogP contribution in [0.3, 0.4) is 0 Å². The third-order valence-corrected chi connectivity index (χ3v) is 2.37. The van der Waals surface area contributed by atoms with Gasteiger partial charge in [0.1, 0.15) is 6.07 Å². The second-order valence-electron chi connectivity index (χ2n) is 3.84. The molecule has 0 aromatic heterocycles. The predicted octanol–water partition coefficient (Wildman–Crippen LogP) is 3.24. The molecule has 0 fully saturated rings. The number of rotatable bonds is 4. The maximum atomic E-state index is 13.7. The highest BCUT2D eigenvalue weighted by atomic mass is 19.2. The molecule has 0 N–H and O–H groups in total. The molecule has 0 bridgehead atoms. The molecule has 90 valence electrons. The van der Waals surface area contributed by atoms with Gasteiger partial charge < -0.3 is 4.90 Å². The van der Waals surface area contributed by atoms with Gasteiger partial charge in [0.05, 0.1) is 11.3 Å². The lowest BCUT2D eigenvalue weighted by Gasteiger charge is -2.23. The first kappa shape index (κ1) is 13.2. The summed E-state index contributed by atoms with van der Waals surface area (Å²) in [6.45, 7) is 8.40. The van der Waals surface area contributed by atoms with Crippen molar-refractivity contribution in [1.82, 2.24) is 0 Å². The Balaban J connectivity index is 3.18. The molecule has 1 aromatic carbocycles. The summed E-state index contributed by atoms with van der Waals surface area (Å²) < 4.78 is 27.2. The molecule has 0 aliphatic carbocycles. The second kappa shape index (κ2) is 5.44. The van der Waals surface area contributed by atoms with E-state index in [-0.39, 0.29) is 11.3 Å². The molecule has 0 amide bonds. The topological polar surface area (TPSA) is 27.0 Å². The molecular weight excluding hydrogens is 222 g/mol. The first-order valence-electron chi connectivity index (χ1n) is 5.28. The average Bonchev–Trinajstić information content (AvgIpc) is 2.29. The van der Waals surface area contributed by atoms with Gasteiger partial charge in [-0.2, -0.15) is 5.26 Å². The number of anilines is 1. The molecule has 0 saturated heterocycles. The van der Waals surface area contributed by atoms with Crippen LogP contribution in [0.1, 0.15) is 19.4 Å². The van der Waals surface area contributed by atoms with Crippen LogP contribution in [0.4, 0.5) is 14.5 Å². The van der Waals surface area contributed by atoms with Gasteiger partial charge in [-0.25, -0.2) is 8.78 Å². The summed E-state index contributed by atoms with van der Waals surface area (Å²) in [5.74, 6) is -2.07. The lowest BCUT2D eigenvalue weighted by atomic mass is 10.1. The molecule has 0 aliphatic heterocycles. The quantitative estimate of drug-likeness (QED) is 0.750. The summed E-state index contributed by atoms with van der Waals surface area (Å²) in [7, 11) is 0. The summed E-state index contributed by atoms with van der Waals surface area (Å²) in [5.41, 5.74) is 0.737. The molecule has 4 heteroatoms. The van der Waals surface area contributed by atoms with Crippen molar-refractivity contribution in [3.05, 3.63) is 41.5 Å². The fourth-order valence-electron chi connectivity index (χ4n) is 1.56. The Bertz CT molecular complexity index is 475. The van der Waals surface area contributed by atoms with Crippen LogP contribution in [0.15, 0.2) is 24.3 Å². The zero-order valence-corrected chi connectivity index (χ0v) is 9.93. The van der Waals surface area contributed by atoms with Gasteiger partial charge in [0.2, 0.25) is 0 Å². The molecule has 0 aliphatic rings. The first-order chi connectivity index (χ1) is 8.01. The van der Waals surface area contributed by atoms with Crippen molar-refractivity contribution in [2.45, 2.75) is 13.8 Å². The molecule has 0 radical (unpaired) electrons. The van der Waals surface area contributed by atoms with Gasteiger partial charge in [0, 0.05) is 13.1 Å². The Kier molecular flexibility index (Phi) is 4.22. The Morgan fingerprint density at radius 3 is 2.53 bits per heavy atom. The van der Waals surface area contributed by atoms with E-state index in [4.69, 9.17) is 5.26 Å². The standard InChI is InChI=1S/C13H14F2N2/c1-4-17(8-9(2)3)11-6-5-10(7-16)12(14)13(11)15/h5-6H,2,4,8H2,1,3H3. The van der Waals surface area contributed by atoms with Gasteiger partial charge >= 0.3 is 0 Å². The zero-order valence-electron chi connectivity index (χ0n) is 9.93. The normalized spacial score (nSPS) is 9.82. The van der Waals surface area contributed by atoms with E-state index in [0.717, 1.165) is 5.57 Å². The summed E-state index contributed by atoms with van der Waals surface area (Å²) in [5, 5.41) is 8.59. The Labute approximate surface area is 99.8 Å². The van der Waals surface area contributed by atoms with Crippen LogP contribution in [-0.4, -0.2) is 13.1 Å². The van der Waals surface area contributed by atoms with E-state index < -0.39 is 11.6 Å². The third kappa shape index (κ3) is 2.82. The molecule has 2 nitrogen and oxygen atoms in total. The highest BCUT2D eigenvalue weighted by Crippen LogP contribution is 2.24. The van der Waals surface area contributed by atoms with Gasteiger partial charge in [-0.1, -0.05) is 12.2 Å². The van der Waals surface area contributed by atoms with E-state index >= 15 is 0 Å². The smallest absolute Gasteiger partial charge is 0.183 e. The SMILES string of the molecule is C=C(C)CN(CC)c1ccc(C#N)c(F)c1F. The van der Waals surface area contributed by atoms with Crippen LogP contribution in [0.5, 0.6) is 0 Å². The Hall–Kier alpha value is -1.89. The van der Waals surface area contributed by atoms with Crippen LogP contribution in [-0.2, 0) is 0 Å². The summed E-state index contributed by atoms with van der Waals surface area (Å²) >= 11 is 0. The maximum Gasteiger partial charge on any atom is 0.183 e. The summed E-state index contributed by atoms with van der Waals surface area (Å²) in [4.78, 5) is 1.67. The van der Waals surface area contributed by atoms with Crippen molar-refractivity contribution in [3.63, 3.8) is 0 Å². The number of nitrogens with zero attached hydrogens (tertiary/aromatic N) is 2. The average molecular weight is 236 g/mol. The molecule has 0 atom stereocenters. The van der Waals surface area contributed by atoms with Crippen LogP contribution < -0.4 is 4.90 Å². The van der Waals surface area contributed by atoms with Crippen molar-refractivity contribution in [2.24, 2.45) is 0 Å². The van der Waals surface area contributed by atoms with Gasteiger partial charge in [0.15, 0.2) is 11.6 Å². The van der Waals surface area contributed by atoms with Crippen LogP contribution >= 0.6 is 0 Å². The van der Waals surface area contributed by atoms with Crippen molar-refractivity contribution < 1.29 is 8.78 Å². The van der Waals surface area contributed by atoms with Gasteiger partial charge in [-0.3, -0.25) is 0 Å². The minimum Gasteiger partial charge on any atom is -0.365 e. The maximum absolute atomic E-state index is 13.7. The number of nitriles is 1. The molecular formula is C13H14F2N2. The number of halogens is 2. The van der Waals surface area contributed by atoms with Gasteiger partial charge in [-0.15, -0.1) is 0 Å². The lowest BCUT2D eigenvalue weighted by molar-refractivity contribution is 0.504. The van der Waals surface area contributed by atoms with Gasteiger partial charge in [-0.05, 0) is 26.0 Å². The van der Waals surface area contributed by atoms with E-state index in [1.807, 2.05) is 13.8 Å². The Morgan fingerprint density at radius 2 is 2.06 bits per heavy atom. The predicted molar refractivity (Wildman–Crippen MR) is 63.8 cm³/mol. The molecule has 0 unspecified atom stereocenters. The minimum absolute atomic E-state index is 0.159. The van der Waals surface area contributed by atoms with Crippen molar-refractivity contribution in [3.8, 4) is 6.07 Å². The highest BCUT2D eigenvalue weighted by molar-refractivity contribution is 5.52. The minimum atomic E-state index is -1.09. The molecule has 1 rings (SSSR count). The van der Waals surface area contributed by atoms with Gasteiger partial charge in [0.25, 0.3) is 0 Å². The lowest BCUT2D eigenvalue weighted by Crippen LogP contribution is -2.25. The molecule has 1 aromatic rings. The zero-order chi connectivity index (χ0) is 13.0. The van der Waals surface area contributed by atoms with E-state index in [2.05, 4.69) is 6.58 Å². The fraction of sp³-hybridized carbons (Fsp3) is 0.308. The number of benzene rings is 1. The molecule has 0 saturated carbocycles. The first-order valence-corrected chi connectivity index (χ1v) is 5.28. The van der Waals surface area contributed by atoms with Crippen molar-refractivity contribution in [1.29, 1.82) is 5.26 Å². The third-order valence-electron chi connectivity index (χ3n) is 2.37. The van der Waals surface area contributed by atoms with Crippen LogP contribution in [0.25, 0.3) is 0 Å². The van der Waals surface area contributed by atoms with E-state index in [0.29, 0.717) is 13.1 Å². The molecule has 0 heterocycles. The summed E-state index contributed by atoms with van der Waals surface area (Å²) in [6, 6.07) is 4.32. The fourth-order valence-corrected chi connectivity index (χ4v) is 1.56. The Morgan fingerprint density at radius 1 is 1.41 bits per heavy atom.